The van der Waals surface area contributed by atoms with Crippen molar-refractivity contribution in [2.45, 2.75) is 26.3 Å². The number of carbonyl (C=O) groups is 2. The van der Waals surface area contributed by atoms with Crippen molar-refractivity contribution < 1.29 is 28.2 Å². The van der Waals surface area contributed by atoms with E-state index in [-0.39, 0.29) is 31.3 Å². The van der Waals surface area contributed by atoms with E-state index < -0.39 is 5.97 Å². The van der Waals surface area contributed by atoms with E-state index >= 15 is 0 Å². The van der Waals surface area contributed by atoms with Crippen LogP contribution in [0.2, 0.25) is 0 Å². The van der Waals surface area contributed by atoms with Gasteiger partial charge in [0, 0.05) is 19.5 Å². The highest BCUT2D eigenvalue weighted by Crippen LogP contribution is 2.17. The number of nitrogens with zero attached hydrogens (tertiary/aromatic N) is 1. The fraction of sp³-hybridized carbons (Fsp3) is 0.364. The smallest absolute Gasteiger partial charge is 0.306 e. The zero-order valence-corrected chi connectivity index (χ0v) is 16.7. The van der Waals surface area contributed by atoms with Crippen molar-refractivity contribution in [1.82, 2.24) is 4.90 Å². The van der Waals surface area contributed by atoms with Crippen LogP contribution in [-0.2, 0) is 20.9 Å². The summed E-state index contributed by atoms with van der Waals surface area (Å²) in [7, 11) is 1.59. The van der Waals surface area contributed by atoms with E-state index in [1.165, 1.54) is 17.0 Å². The first-order valence-electron chi connectivity index (χ1n) is 9.46. The molecule has 0 saturated heterocycles. The van der Waals surface area contributed by atoms with Gasteiger partial charge in [-0.05, 0) is 55.3 Å². The second-order valence-corrected chi connectivity index (χ2v) is 6.33. The number of ether oxygens (including phenoxy) is 3. The second-order valence-electron chi connectivity index (χ2n) is 6.33. The molecule has 6 nitrogen and oxygen atoms in total. The van der Waals surface area contributed by atoms with E-state index in [4.69, 9.17) is 14.2 Å². The highest BCUT2D eigenvalue weighted by Gasteiger charge is 2.15. The third kappa shape index (κ3) is 7.81. The minimum Gasteiger partial charge on any atom is -0.497 e. The fourth-order valence-corrected chi connectivity index (χ4v) is 2.62. The number of carbonyl (C=O) groups excluding carboxylic acids is 2. The topological polar surface area (TPSA) is 65.1 Å². The Kier molecular flexibility index (Phi) is 8.95. The molecule has 2 aromatic carbocycles. The van der Waals surface area contributed by atoms with Gasteiger partial charge in [-0.1, -0.05) is 12.1 Å². The molecule has 29 heavy (non-hydrogen) atoms. The average molecular weight is 403 g/mol. The molecule has 2 aromatic rings. The van der Waals surface area contributed by atoms with E-state index in [0.717, 1.165) is 5.75 Å². The Balaban J connectivity index is 1.66. The van der Waals surface area contributed by atoms with Gasteiger partial charge in [-0.25, -0.2) is 4.39 Å². The highest BCUT2D eigenvalue weighted by molar-refractivity contribution is 5.80. The molecule has 1 amide bonds. The fourth-order valence-electron chi connectivity index (χ4n) is 2.62. The molecule has 0 unspecified atom stereocenters. The maximum absolute atomic E-state index is 13.3. The van der Waals surface area contributed by atoms with Gasteiger partial charge in [-0.2, -0.15) is 0 Å². The van der Waals surface area contributed by atoms with Crippen LogP contribution in [0.25, 0.3) is 0 Å². The van der Waals surface area contributed by atoms with Crippen LogP contribution in [0.1, 0.15) is 25.3 Å². The monoisotopic (exact) mass is 403 g/mol. The van der Waals surface area contributed by atoms with Crippen LogP contribution in [0.4, 0.5) is 4.39 Å². The minimum absolute atomic E-state index is 0.152. The molecule has 0 aliphatic carbocycles. The maximum atomic E-state index is 13.3. The molecule has 0 radical (unpaired) electrons. The van der Waals surface area contributed by atoms with Crippen molar-refractivity contribution in [2.75, 3.05) is 26.9 Å². The average Bonchev–Trinajstić information content (AvgIpc) is 2.73. The van der Waals surface area contributed by atoms with E-state index in [2.05, 4.69) is 0 Å². The lowest BCUT2D eigenvalue weighted by atomic mass is 10.2. The van der Waals surface area contributed by atoms with Gasteiger partial charge in [0.15, 0.2) is 6.61 Å². The number of methoxy groups -OCH3 is 1. The van der Waals surface area contributed by atoms with Gasteiger partial charge in [0.1, 0.15) is 17.3 Å². The van der Waals surface area contributed by atoms with E-state index in [1.807, 2.05) is 6.92 Å². The summed E-state index contributed by atoms with van der Waals surface area (Å²) in [5, 5.41) is 0. The number of halogens is 1. The first-order valence-corrected chi connectivity index (χ1v) is 9.46. The first-order chi connectivity index (χ1) is 14.0. The van der Waals surface area contributed by atoms with Crippen molar-refractivity contribution in [3.63, 3.8) is 0 Å². The van der Waals surface area contributed by atoms with Crippen LogP contribution in [0.3, 0.4) is 0 Å². The lowest BCUT2D eigenvalue weighted by molar-refractivity contribution is -0.152. The number of benzene rings is 2. The number of hydrogen-bond acceptors (Lipinski definition) is 5. The molecule has 0 N–H and O–H groups in total. The van der Waals surface area contributed by atoms with E-state index in [0.29, 0.717) is 30.9 Å². The summed E-state index contributed by atoms with van der Waals surface area (Å²) < 4.78 is 28.9. The highest BCUT2D eigenvalue weighted by atomic mass is 19.1. The predicted octanol–water partition coefficient (Wildman–Crippen LogP) is 3.59. The van der Waals surface area contributed by atoms with Crippen LogP contribution >= 0.6 is 0 Å². The summed E-state index contributed by atoms with van der Waals surface area (Å²) >= 11 is 0. The maximum Gasteiger partial charge on any atom is 0.306 e. The number of esters is 1. The third-order valence-corrected chi connectivity index (χ3v) is 4.21. The molecule has 0 aliphatic heterocycles. The first kappa shape index (κ1) is 22.2. The summed E-state index contributed by atoms with van der Waals surface area (Å²) in [6.07, 6.45) is 0.624. The van der Waals surface area contributed by atoms with Crippen LogP contribution in [0, 0.1) is 5.82 Å². The number of likely N-dealkylation sites (N-methyl/N-ethyl adjacent to an activating group) is 1. The van der Waals surface area contributed by atoms with Crippen molar-refractivity contribution in [2.24, 2.45) is 0 Å². The van der Waals surface area contributed by atoms with Crippen LogP contribution in [0.5, 0.6) is 11.5 Å². The second kappa shape index (κ2) is 11.7. The van der Waals surface area contributed by atoms with E-state index in [9.17, 15) is 14.0 Å². The molecule has 0 fully saturated rings. The Morgan fingerprint density at radius 3 is 2.45 bits per heavy atom. The Morgan fingerprint density at radius 1 is 1.07 bits per heavy atom. The number of amides is 1. The molecule has 0 aliphatic rings. The number of rotatable bonds is 11. The van der Waals surface area contributed by atoms with Gasteiger partial charge >= 0.3 is 5.97 Å². The summed E-state index contributed by atoms with van der Waals surface area (Å²) in [6.45, 7) is 2.54. The number of hydrogen-bond donors (Lipinski definition) is 0. The molecule has 156 valence electrons. The van der Waals surface area contributed by atoms with Crippen molar-refractivity contribution in [1.29, 1.82) is 0 Å². The zero-order valence-electron chi connectivity index (χ0n) is 16.7. The minimum atomic E-state index is -0.460. The molecular weight excluding hydrogens is 377 g/mol. The van der Waals surface area contributed by atoms with Gasteiger partial charge in [-0.3, -0.25) is 9.59 Å². The van der Waals surface area contributed by atoms with Gasteiger partial charge in [0.2, 0.25) is 0 Å². The van der Waals surface area contributed by atoms with Crippen LogP contribution in [-0.4, -0.2) is 43.6 Å². The normalized spacial score (nSPS) is 10.3. The Labute approximate surface area is 170 Å². The Hall–Kier alpha value is -3.09. The van der Waals surface area contributed by atoms with Gasteiger partial charge < -0.3 is 19.1 Å². The van der Waals surface area contributed by atoms with Crippen molar-refractivity contribution in [3.05, 3.63) is 59.9 Å². The summed E-state index contributed by atoms with van der Waals surface area (Å²) in [5.41, 5.74) is 0.683. The van der Waals surface area contributed by atoms with Gasteiger partial charge in [-0.15, -0.1) is 0 Å². The van der Waals surface area contributed by atoms with E-state index in [1.54, 1.807) is 43.5 Å². The summed E-state index contributed by atoms with van der Waals surface area (Å²) in [6, 6.07) is 13.2. The molecule has 0 aromatic heterocycles. The largest absolute Gasteiger partial charge is 0.497 e. The zero-order chi connectivity index (χ0) is 21.1. The Morgan fingerprint density at radius 2 is 1.79 bits per heavy atom. The quantitative estimate of drug-likeness (QED) is 0.424. The van der Waals surface area contributed by atoms with Crippen LogP contribution in [0.15, 0.2) is 48.5 Å². The molecule has 0 atom stereocenters. The molecule has 2 rings (SSSR count). The van der Waals surface area contributed by atoms with Crippen molar-refractivity contribution >= 4 is 11.9 Å². The predicted molar refractivity (Wildman–Crippen MR) is 106 cm³/mol. The molecule has 0 heterocycles. The molecule has 7 heteroatoms. The van der Waals surface area contributed by atoms with Crippen LogP contribution < -0.4 is 9.47 Å². The van der Waals surface area contributed by atoms with Crippen molar-refractivity contribution in [3.8, 4) is 11.5 Å². The lowest BCUT2D eigenvalue weighted by Gasteiger charge is -2.21. The SMILES string of the molecule is CCN(Cc1cccc(F)c1)C(=O)COC(=O)CCCOc1ccc(OC)cc1. The molecular formula is C22H26FNO5. The van der Waals surface area contributed by atoms with Gasteiger partial charge in [0.25, 0.3) is 5.91 Å². The molecule has 0 spiro atoms. The Bertz CT molecular complexity index is 794. The summed E-state index contributed by atoms with van der Waals surface area (Å²) in [5.74, 6) is 0.293. The van der Waals surface area contributed by atoms with Gasteiger partial charge in [0.05, 0.1) is 13.7 Å². The molecule has 0 bridgehead atoms. The summed E-state index contributed by atoms with van der Waals surface area (Å²) in [4.78, 5) is 25.6. The molecule has 0 saturated carbocycles. The standard InChI is InChI=1S/C22H26FNO5/c1-3-24(15-17-6-4-7-18(23)14-17)21(25)16-29-22(26)8-5-13-28-20-11-9-19(27-2)10-12-20/h4,6-7,9-12,14H,3,5,8,13,15-16H2,1-2H3. The third-order valence-electron chi connectivity index (χ3n) is 4.21. The lowest BCUT2D eigenvalue weighted by Crippen LogP contribution is -2.34.